The van der Waals surface area contributed by atoms with Gasteiger partial charge in [0.25, 0.3) is 5.69 Å². The fourth-order valence-electron chi connectivity index (χ4n) is 2.68. The molecular weight excluding hydrogens is 370 g/mol. The first-order valence-corrected chi connectivity index (χ1v) is 8.82. The summed E-state index contributed by atoms with van der Waals surface area (Å²) in [5, 5.41) is 16.7. The van der Waals surface area contributed by atoms with E-state index in [4.69, 9.17) is 0 Å². The molecule has 0 radical (unpaired) electrons. The van der Waals surface area contributed by atoms with Gasteiger partial charge in [0.1, 0.15) is 0 Å². The predicted molar refractivity (Wildman–Crippen MR) is 112 cm³/mol. The number of rotatable bonds is 6. The van der Waals surface area contributed by atoms with E-state index in [-0.39, 0.29) is 11.6 Å². The maximum Gasteiger partial charge on any atom is 0.270 e. The molecule has 0 unspecified atom stereocenters. The first-order chi connectivity index (χ1) is 13.9. The number of hydrogen-bond donors (Lipinski definition) is 2. The Morgan fingerprint density at radius 3 is 2.41 bits per heavy atom. The summed E-state index contributed by atoms with van der Waals surface area (Å²) in [7, 11) is 0. The van der Waals surface area contributed by atoms with E-state index in [1.54, 1.807) is 30.3 Å². The topological polar surface area (TPSA) is 110 Å². The van der Waals surface area contributed by atoms with Crippen molar-refractivity contribution in [3.63, 3.8) is 0 Å². The number of aryl methyl sites for hydroxylation is 2. The zero-order chi connectivity index (χ0) is 20.8. The summed E-state index contributed by atoms with van der Waals surface area (Å²) < 4.78 is 0. The highest BCUT2D eigenvalue weighted by Crippen LogP contribution is 2.19. The second-order valence-corrected chi connectivity index (χ2v) is 6.35. The van der Waals surface area contributed by atoms with Crippen LogP contribution in [0.3, 0.4) is 0 Å². The Morgan fingerprint density at radius 1 is 1.00 bits per heavy atom. The molecule has 0 fully saturated rings. The number of carbonyl (C=O) groups excluding carboxylic acids is 1. The van der Waals surface area contributed by atoms with Crippen LogP contribution in [0.1, 0.15) is 17.0 Å². The van der Waals surface area contributed by atoms with E-state index in [2.05, 4.69) is 20.6 Å². The van der Waals surface area contributed by atoms with Gasteiger partial charge in [-0.25, -0.2) is 9.97 Å². The summed E-state index contributed by atoms with van der Waals surface area (Å²) in [5.74, 6) is 0.132. The van der Waals surface area contributed by atoms with Crippen molar-refractivity contribution in [1.29, 1.82) is 0 Å². The molecule has 0 spiro atoms. The Balaban J connectivity index is 1.67. The molecule has 0 aliphatic rings. The molecule has 2 aromatic carbocycles. The minimum Gasteiger partial charge on any atom is -0.324 e. The van der Waals surface area contributed by atoms with E-state index < -0.39 is 4.92 Å². The van der Waals surface area contributed by atoms with E-state index in [0.29, 0.717) is 17.2 Å². The van der Waals surface area contributed by atoms with Gasteiger partial charge in [-0.3, -0.25) is 14.9 Å². The molecule has 0 saturated carbocycles. The fourth-order valence-corrected chi connectivity index (χ4v) is 2.68. The van der Waals surface area contributed by atoms with Crippen molar-refractivity contribution in [3.05, 3.63) is 87.7 Å². The number of non-ortho nitro benzene ring substituents is 1. The van der Waals surface area contributed by atoms with Crippen LogP contribution in [-0.4, -0.2) is 20.8 Å². The fraction of sp³-hybridized carbons (Fsp3) is 0.0952. The Kier molecular flexibility index (Phi) is 5.94. The highest BCUT2D eigenvalue weighted by Gasteiger charge is 2.05. The summed E-state index contributed by atoms with van der Waals surface area (Å²) >= 11 is 0. The van der Waals surface area contributed by atoms with Gasteiger partial charge >= 0.3 is 0 Å². The summed E-state index contributed by atoms with van der Waals surface area (Å²) in [4.78, 5) is 31.2. The van der Waals surface area contributed by atoms with Crippen LogP contribution in [-0.2, 0) is 4.79 Å². The van der Waals surface area contributed by atoms with Crippen LogP contribution >= 0.6 is 0 Å². The monoisotopic (exact) mass is 389 g/mol. The van der Waals surface area contributed by atoms with Gasteiger partial charge in [-0.1, -0.05) is 18.2 Å². The molecule has 146 valence electrons. The number of nitrogens with one attached hydrogen (secondary N) is 2. The first kappa shape index (κ1) is 19.7. The van der Waals surface area contributed by atoms with Gasteiger partial charge in [0.15, 0.2) is 0 Å². The molecule has 1 aromatic heterocycles. The molecule has 8 nitrogen and oxygen atoms in total. The maximum atomic E-state index is 12.2. The smallest absolute Gasteiger partial charge is 0.270 e. The summed E-state index contributed by atoms with van der Waals surface area (Å²) in [6.07, 6.45) is 2.85. The second-order valence-electron chi connectivity index (χ2n) is 6.35. The van der Waals surface area contributed by atoms with Gasteiger partial charge in [0.05, 0.1) is 4.92 Å². The standard InChI is InChI=1S/C21H19N5O3/c1-14-11-15(2)23-21(22-14)25-18-7-4-6-17(13-18)24-20(27)10-9-16-5-3-8-19(12-16)26(28)29/h3-13H,1-2H3,(H,24,27)(H,22,23,25)/b10-9+. The van der Waals surface area contributed by atoms with Crippen molar-refractivity contribution in [1.82, 2.24) is 9.97 Å². The zero-order valence-corrected chi connectivity index (χ0v) is 15.9. The lowest BCUT2D eigenvalue weighted by molar-refractivity contribution is -0.384. The molecule has 29 heavy (non-hydrogen) atoms. The van der Waals surface area contributed by atoms with Gasteiger partial charge in [-0.05, 0) is 49.8 Å². The predicted octanol–water partition coefficient (Wildman–Crippen LogP) is 4.40. The number of nitrogens with zero attached hydrogens (tertiary/aromatic N) is 3. The van der Waals surface area contributed by atoms with Crippen LogP contribution in [0.4, 0.5) is 23.0 Å². The van der Waals surface area contributed by atoms with E-state index in [0.717, 1.165) is 17.1 Å². The van der Waals surface area contributed by atoms with Crippen LogP contribution < -0.4 is 10.6 Å². The molecule has 0 saturated heterocycles. The second kappa shape index (κ2) is 8.75. The van der Waals surface area contributed by atoms with Gasteiger partial charge in [0, 0.05) is 41.0 Å². The third-order valence-corrected chi connectivity index (χ3v) is 3.88. The molecule has 0 atom stereocenters. The number of nitro benzene ring substituents is 1. The summed E-state index contributed by atoms with van der Waals surface area (Å²) in [6.45, 7) is 3.79. The molecular formula is C21H19N5O3. The lowest BCUT2D eigenvalue weighted by Crippen LogP contribution is -2.08. The van der Waals surface area contributed by atoms with Crippen LogP contribution in [0.2, 0.25) is 0 Å². The van der Waals surface area contributed by atoms with Gasteiger partial charge in [-0.2, -0.15) is 0 Å². The van der Waals surface area contributed by atoms with Crippen molar-refractivity contribution in [3.8, 4) is 0 Å². The highest BCUT2D eigenvalue weighted by molar-refractivity contribution is 6.02. The molecule has 0 aliphatic heterocycles. The van der Waals surface area contributed by atoms with Gasteiger partial charge < -0.3 is 10.6 Å². The number of hydrogen-bond acceptors (Lipinski definition) is 6. The number of amides is 1. The Hall–Kier alpha value is -4.07. The number of aromatic nitrogens is 2. The first-order valence-electron chi connectivity index (χ1n) is 8.82. The summed E-state index contributed by atoms with van der Waals surface area (Å²) in [6, 6.07) is 15.1. The molecule has 1 amide bonds. The Labute approximate surface area is 167 Å². The van der Waals surface area contributed by atoms with Crippen LogP contribution in [0.25, 0.3) is 6.08 Å². The SMILES string of the molecule is Cc1cc(C)nc(Nc2cccc(NC(=O)/C=C/c3cccc([N+](=O)[O-])c3)c2)n1. The largest absolute Gasteiger partial charge is 0.324 e. The highest BCUT2D eigenvalue weighted by atomic mass is 16.6. The quantitative estimate of drug-likeness (QED) is 0.367. The Bertz CT molecular complexity index is 1070. The van der Waals surface area contributed by atoms with E-state index >= 15 is 0 Å². The average Bonchev–Trinajstić information content (AvgIpc) is 2.66. The van der Waals surface area contributed by atoms with Crippen LogP contribution in [0.15, 0.2) is 60.7 Å². The Morgan fingerprint density at radius 2 is 1.69 bits per heavy atom. The molecule has 3 aromatic rings. The van der Waals surface area contributed by atoms with Crippen molar-refractivity contribution in [2.24, 2.45) is 0 Å². The van der Waals surface area contributed by atoms with Crippen molar-refractivity contribution in [2.75, 3.05) is 10.6 Å². The van der Waals surface area contributed by atoms with Crippen LogP contribution in [0, 0.1) is 24.0 Å². The van der Waals surface area contributed by atoms with Gasteiger partial charge in [0.2, 0.25) is 11.9 Å². The van der Waals surface area contributed by atoms with E-state index in [1.807, 2.05) is 26.0 Å². The lowest BCUT2D eigenvalue weighted by atomic mass is 10.2. The van der Waals surface area contributed by atoms with Crippen molar-refractivity contribution < 1.29 is 9.72 Å². The zero-order valence-electron chi connectivity index (χ0n) is 15.9. The minimum atomic E-state index is -0.477. The molecule has 8 heteroatoms. The molecule has 0 bridgehead atoms. The lowest BCUT2D eigenvalue weighted by Gasteiger charge is -2.08. The average molecular weight is 389 g/mol. The molecule has 2 N–H and O–H groups in total. The van der Waals surface area contributed by atoms with E-state index in [1.165, 1.54) is 24.3 Å². The molecule has 3 rings (SSSR count). The van der Waals surface area contributed by atoms with E-state index in [9.17, 15) is 14.9 Å². The number of benzene rings is 2. The number of nitro groups is 1. The number of carbonyl (C=O) groups is 1. The number of anilines is 3. The minimum absolute atomic E-state index is 0.0278. The van der Waals surface area contributed by atoms with Gasteiger partial charge in [-0.15, -0.1) is 0 Å². The van der Waals surface area contributed by atoms with Crippen LogP contribution in [0.5, 0.6) is 0 Å². The normalized spacial score (nSPS) is 10.7. The summed E-state index contributed by atoms with van der Waals surface area (Å²) in [5.41, 5.74) is 3.58. The van der Waals surface area contributed by atoms with Crippen molar-refractivity contribution >= 4 is 35.0 Å². The third-order valence-electron chi connectivity index (χ3n) is 3.88. The molecule has 0 aliphatic carbocycles. The third kappa shape index (κ3) is 5.70. The van der Waals surface area contributed by atoms with Crippen molar-refractivity contribution in [2.45, 2.75) is 13.8 Å². The molecule has 1 heterocycles. The maximum absolute atomic E-state index is 12.2.